The minimum atomic E-state index is 0.0980. The summed E-state index contributed by atoms with van der Waals surface area (Å²) in [5.74, 6) is 0.529. The summed E-state index contributed by atoms with van der Waals surface area (Å²) in [5, 5.41) is 5.86. The van der Waals surface area contributed by atoms with Gasteiger partial charge in [-0.25, -0.2) is 9.97 Å². The van der Waals surface area contributed by atoms with Gasteiger partial charge in [0.15, 0.2) is 0 Å². The Hall–Kier alpha value is -1.14. The second-order valence-corrected chi connectivity index (χ2v) is 5.82. The van der Waals surface area contributed by atoms with Crippen LogP contribution in [-0.2, 0) is 4.79 Å². The Kier molecular flexibility index (Phi) is 2.98. The number of aromatic nitrogens is 2. The van der Waals surface area contributed by atoms with Crippen molar-refractivity contribution in [2.24, 2.45) is 0 Å². The molecule has 0 radical (unpaired) electrons. The van der Waals surface area contributed by atoms with Gasteiger partial charge in [-0.3, -0.25) is 4.79 Å². The summed E-state index contributed by atoms with van der Waals surface area (Å²) in [4.78, 5) is 20.0. The lowest BCUT2D eigenvalue weighted by atomic mass is 10.5. The van der Waals surface area contributed by atoms with Crippen LogP contribution in [0.1, 0.15) is 12.8 Å². The molecule has 2 aromatic rings. The Balaban J connectivity index is 1.67. The summed E-state index contributed by atoms with van der Waals surface area (Å²) in [7, 11) is 0. The Morgan fingerprint density at radius 3 is 3.24 bits per heavy atom. The zero-order chi connectivity index (χ0) is 11.7. The highest BCUT2D eigenvalue weighted by Gasteiger charge is 2.23. The van der Waals surface area contributed by atoms with Gasteiger partial charge >= 0.3 is 0 Å². The number of nitrogens with one attached hydrogen (secondary N) is 1. The molecular formula is C11H11N3OS2. The lowest BCUT2D eigenvalue weighted by molar-refractivity contribution is -0.118. The van der Waals surface area contributed by atoms with Gasteiger partial charge in [-0.2, -0.15) is 0 Å². The van der Waals surface area contributed by atoms with Gasteiger partial charge in [-0.15, -0.1) is 11.3 Å². The maximum atomic E-state index is 11.6. The van der Waals surface area contributed by atoms with Crippen molar-refractivity contribution in [1.82, 2.24) is 15.3 Å². The van der Waals surface area contributed by atoms with Crippen LogP contribution in [-0.4, -0.2) is 27.7 Å². The Bertz CT molecular complexity index is 550. The summed E-state index contributed by atoms with van der Waals surface area (Å²) >= 11 is 3.09. The van der Waals surface area contributed by atoms with Gasteiger partial charge in [0.25, 0.3) is 0 Å². The van der Waals surface area contributed by atoms with Crippen molar-refractivity contribution in [3.05, 3.63) is 17.8 Å². The molecule has 1 N–H and O–H groups in total. The lowest BCUT2D eigenvalue weighted by Gasteiger charge is -2.03. The number of thioether (sulfide) groups is 1. The summed E-state index contributed by atoms with van der Waals surface area (Å²) in [6.45, 7) is 0. The standard InChI is InChI=1S/C11H11N3OS2/c15-9(14-7-1-2-7)5-17-11-10-8(3-4-16-10)12-6-13-11/h3-4,6-7H,1-2,5H2,(H,14,15). The molecule has 3 rings (SSSR count). The molecule has 6 heteroatoms. The molecule has 1 aliphatic rings. The molecule has 0 atom stereocenters. The summed E-state index contributed by atoms with van der Waals surface area (Å²) < 4.78 is 1.07. The van der Waals surface area contributed by atoms with E-state index in [0.29, 0.717) is 11.8 Å². The highest BCUT2D eigenvalue weighted by Crippen LogP contribution is 2.28. The van der Waals surface area contributed by atoms with Crippen LogP contribution in [0.2, 0.25) is 0 Å². The maximum Gasteiger partial charge on any atom is 0.230 e. The molecule has 1 amide bonds. The van der Waals surface area contributed by atoms with Crippen molar-refractivity contribution >= 4 is 39.2 Å². The molecule has 88 valence electrons. The molecule has 0 spiro atoms. The molecule has 2 heterocycles. The topological polar surface area (TPSA) is 54.9 Å². The van der Waals surface area contributed by atoms with E-state index in [0.717, 1.165) is 28.1 Å². The number of rotatable bonds is 4. The minimum Gasteiger partial charge on any atom is -0.353 e. The van der Waals surface area contributed by atoms with Crippen LogP contribution < -0.4 is 5.32 Å². The zero-order valence-electron chi connectivity index (χ0n) is 9.05. The van der Waals surface area contributed by atoms with Gasteiger partial charge in [0.2, 0.25) is 5.91 Å². The first kappa shape index (κ1) is 11.0. The fourth-order valence-electron chi connectivity index (χ4n) is 1.50. The van der Waals surface area contributed by atoms with Gasteiger partial charge in [0.05, 0.1) is 16.0 Å². The van der Waals surface area contributed by atoms with Gasteiger partial charge in [-0.1, -0.05) is 11.8 Å². The van der Waals surface area contributed by atoms with Gasteiger partial charge in [-0.05, 0) is 24.3 Å². The van der Waals surface area contributed by atoms with Crippen molar-refractivity contribution in [2.75, 3.05) is 5.75 Å². The van der Waals surface area contributed by atoms with E-state index in [1.54, 1.807) is 17.7 Å². The fraction of sp³-hybridized carbons (Fsp3) is 0.364. The van der Waals surface area contributed by atoms with Crippen LogP contribution in [0.4, 0.5) is 0 Å². The summed E-state index contributed by atoms with van der Waals surface area (Å²) in [6.07, 6.45) is 3.80. The third-order valence-corrected chi connectivity index (χ3v) is 4.52. The van der Waals surface area contributed by atoms with E-state index < -0.39 is 0 Å². The summed E-state index contributed by atoms with van der Waals surface area (Å²) in [6, 6.07) is 2.39. The van der Waals surface area contributed by atoms with Crippen LogP contribution in [0.25, 0.3) is 10.2 Å². The second-order valence-electron chi connectivity index (χ2n) is 3.94. The van der Waals surface area contributed by atoms with Crippen molar-refractivity contribution in [3.8, 4) is 0 Å². The zero-order valence-corrected chi connectivity index (χ0v) is 10.7. The predicted molar refractivity (Wildman–Crippen MR) is 69.3 cm³/mol. The Morgan fingerprint density at radius 2 is 2.41 bits per heavy atom. The van der Waals surface area contributed by atoms with Crippen LogP contribution in [0.15, 0.2) is 22.8 Å². The minimum absolute atomic E-state index is 0.0980. The van der Waals surface area contributed by atoms with Crippen LogP contribution in [0.5, 0.6) is 0 Å². The first-order valence-electron chi connectivity index (χ1n) is 5.43. The average molecular weight is 265 g/mol. The second kappa shape index (κ2) is 4.62. The van der Waals surface area contributed by atoms with Gasteiger partial charge in [0, 0.05) is 6.04 Å². The first-order chi connectivity index (χ1) is 8.33. The van der Waals surface area contributed by atoms with Crippen molar-refractivity contribution in [3.63, 3.8) is 0 Å². The molecule has 17 heavy (non-hydrogen) atoms. The van der Waals surface area contributed by atoms with Crippen molar-refractivity contribution < 1.29 is 4.79 Å². The molecule has 0 aromatic carbocycles. The molecule has 0 bridgehead atoms. The molecule has 0 saturated heterocycles. The molecule has 1 fully saturated rings. The number of hydrogen-bond acceptors (Lipinski definition) is 5. The van der Waals surface area contributed by atoms with E-state index in [1.807, 2.05) is 11.4 Å². The number of carbonyl (C=O) groups excluding carboxylic acids is 1. The molecule has 2 aromatic heterocycles. The molecule has 0 unspecified atom stereocenters. The quantitative estimate of drug-likeness (QED) is 0.679. The third kappa shape index (κ3) is 2.58. The molecule has 1 aliphatic carbocycles. The maximum absolute atomic E-state index is 11.6. The number of hydrogen-bond donors (Lipinski definition) is 1. The van der Waals surface area contributed by atoms with E-state index in [2.05, 4.69) is 15.3 Å². The summed E-state index contributed by atoms with van der Waals surface area (Å²) in [5.41, 5.74) is 0.954. The molecular weight excluding hydrogens is 254 g/mol. The molecule has 0 aliphatic heterocycles. The Morgan fingerprint density at radius 1 is 1.53 bits per heavy atom. The number of amides is 1. The van der Waals surface area contributed by atoms with E-state index >= 15 is 0 Å². The highest BCUT2D eigenvalue weighted by atomic mass is 32.2. The van der Waals surface area contributed by atoms with Gasteiger partial charge in [0.1, 0.15) is 11.4 Å². The lowest BCUT2D eigenvalue weighted by Crippen LogP contribution is -2.27. The van der Waals surface area contributed by atoms with Crippen LogP contribution >= 0.6 is 23.1 Å². The van der Waals surface area contributed by atoms with Crippen molar-refractivity contribution in [2.45, 2.75) is 23.9 Å². The fourth-order valence-corrected chi connectivity index (χ4v) is 3.26. The van der Waals surface area contributed by atoms with Crippen LogP contribution in [0, 0.1) is 0 Å². The van der Waals surface area contributed by atoms with Crippen LogP contribution in [0.3, 0.4) is 0 Å². The normalized spacial score (nSPS) is 15.1. The smallest absolute Gasteiger partial charge is 0.230 e. The monoisotopic (exact) mass is 265 g/mol. The number of carbonyl (C=O) groups is 1. The number of nitrogens with zero attached hydrogens (tertiary/aromatic N) is 2. The van der Waals surface area contributed by atoms with Crippen molar-refractivity contribution in [1.29, 1.82) is 0 Å². The third-order valence-electron chi connectivity index (χ3n) is 2.49. The largest absolute Gasteiger partial charge is 0.353 e. The molecule has 4 nitrogen and oxygen atoms in total. The molecule has 1 saturated carbocycles. The van der Waals surface area contributed by atoms with E-state index in [-0.39, 0.29) is 5.91 Å². The van der Waals surface area contributed by atoms with E-state index in [9.17, 15) is 4.79 Å². The average Bonchev–Trinajstić information content (AvgIpc) is 3.00. The highest BCUT2D eigenvalue weighted by molar-refractivity contribution is 8.00. The number of fused-ring (bicyclic) bond motifs is 1. The van der Waals surface area contributed by atoms with E-state index in [1.165, 1.54) is 11.8 Å². The Labute approximate surface area is 107 Å². The number of thiophene rings is 1. The van der Waals surface area contributed by atoms with Gasteiger partial charge < -0.3 is 5.32 Å². The first-order valence-corrected chi connectivity index (χ1v) is 7.30. The predicted octanol–water partition coefficient (Wildman–Crippen LogP) is 2.06. The van der Waals surface area contributed by atoms with E-state index in [4.69, 9.17) is 0 Å². The SMILES string of the molecule is O=C(CSc1ncnc2ccsc12)NC1CC1.